The number of aromatic carboxylic acids is 2. The average Bonchev–Trinajstić information content (AvgIpc) is 2.83. The van der Waals surface area contributed by atoms with E-state index in [-0.39, 0.29) is 16.8 Å². The van der Waals surface area contributed by atoms with Gasteiger partial charge >= 0.3 is 11.9 Å². The van der Waals surface area contributed by atoms with E-state index in [1.54, 1.807) is 19.1 Å². The van der Waals surface area contributed by atoms with Gasteiger partial charge in [-0.3, -0.25) is 0 Å². The zero-order chi connectivity index (χ0) is 24.9. The topological polar surface area (TPSA) is 162 Å². The maximum atomic E-state index is 11.3. The minimum Gasteiger partial charge on any atom is -0.478 e. The van der Waals surface area contributed by atoms with Crippen LogP contribution >= 0.6 is 0 Å². The monoisotopic (exact) mass is 477 g/mol. The molecule has 35 heavy (non-hydrogen) atoms. The quantitative estimate of drug-likeness (QED) is 0.426. The summed E-state index contributed by atoms with van der Waals surface area (Å²) in [5, 5.41) is 29.8. The first-order valence-corrected chi connectivity index (χ1v) is 10.7. The second kappa shape index (κ2) is 10.2. The molecule has 3 N–H and O–H groups in total. The first-order valence-electron chi connectivity index (χ1n) is 10.7. The second-order valence-corrected chi connectivity index (χ2v) is 7.81. The number of ether oxygens (including phenoxy) is 1. The number of carbonyl (C=O) groups is 2. The molecule has 12 heteroatoms. The Kier molecular flexibility index (Phi) is 6.92. The molecular weight excluding hydrogens is 454 g/mol. The Morgan fingerprint density at radius 2 is 1.63 bits per heavy atom. The lowest BCUT2D eigenvalue weighted by molar-refractivity contribution is 0.0696. The molecule has 0 spiro atoms. The van der Waals surface area contributed by atoms with E-state index in [1.807, 2.05) is 17.9 Å². The number of rotatable bonds is 7. The Bertz CT molecular complexity index is 1270. The van der Waals surface area contributed by atoms with Crippen molar-refractivity contribution in [3.63, 3.8) is 0 Å². The third-order valence-electron chi connectivity index (χ3n) is 5.17. The van der Waals surface area contributed by atoms with Crippen LogP contribution in [-0.2, 0) is 4.74 Å². The summed E-state index contributed by atoms with van der Waals surface area (Å²) in [5.41, 5.74) is 1.82. The van der Waals surface area contributed by atoms with Crippen LogP contribution in [0.3, 0.4) is 0 Å². The first-order chi connectivity index (χ1) is 16.8. The lowest BCUT2D eigenvalue weighted by Gasteiger charge is -2.27. The minimum absolute atomic E-state index is 0.125. The lowest BCUT2D eigenvalue weighted by Crippen LogP contribution is -2.37. The number of carboxylic acid groups (broad SMARTS) is 2. The number of nitrogens with one attached hydrogen (secondary N) is 1. The van der Waals surface area contributed by atoms with Gasteiger partial charge in [0.05, 0.1) is 35.7 Å². The molecule has 0 amide bonds. The van der Waals surface area contributed by atoms with Crippen LogP contribution in [0, 0.1) is 13.8 Å². The van der Waals surface area contributed by atoms with Crippen molar-refractivity contribution in [2.45, 2.75) is 13.8 Å². The van der Waals surface area contributed by atoms with Crippen molar-refractivity contribution in [1.29, 1.82) is 0 Å². The number of aryl methyl sites for hydroxylation is 2. The molecule has 4 rings (SSSR count). The van der Waals surface area contributed by atoms with Crippen LogP contribution in [0.15, 0.2) is 46.6 Å². The summed E-state index contributed by atoms with van der Waals surface area (Å²) < 4.78 is 5.39. The molecule has 0 aliphatic carbocycles. The van der Waals surface area contributed by atoms with Gasteiger partial charge in [0.25, 0.3) is 0 Å². The molecule has 0 radical (unpaired) electrons. The van der Waals surface area contributed by atoms with E-state index in [4.69, 9.17) is 4.74 Å². The molecule has 0 saturated carbocycles. The van der Waals surface area contributed by atoms with Crippen LogP contribution in [-0.4, -0.2) is 63.4 Å². The highest BCUT2D eigenvalue weighted by atomic mass is 16.5. The number of benzene rings is 2. The van der Waals surface area contributed by atoms with Gasteiger partial charge in [0.15, 0.2) is 0 Å². The van der Waals surface area contributed by atoms with Gasteiger partial charge in [-0.05, 0) is 55.8 Å². The third-order valence-corrected chi connectivity index (χ3v) is 5.17. The molecule has 2 aromatic carbocycles. The van der Waals surface area contributed by atoms with Crippen molar-refractivity contribution in [3.8, 4) is 0 Å². The van der Waals surface area contributed by atoms with E-state index >= 15 is 0 Å². The molecule has 1 aromatic heterocycles. The largest absolute Gasteiger partial charge is 0.478 e. The smallest absolute Gasteiger partial charge is 0.335 e. The summed E-state index contributed by atoms with van der Waals surface area (Å²) in [6.45, 7) is 6.33. The van der Waals surface area contributed by atoms with E-state index in [9.17, 15) is 19.8 Å². The number of anilines is 3. The fourth-order valence-electron chi connectivity index (χ4n) is 3.43. The predicted molar refractivity (Wildman–Crippen MR) is 127 cm³/mol. The summed E-state index contributed by atoms with van der Waals surface area (Å²) in [6, 6.07) is 8.96. The molecule has 1 aliphatic rings. The SMILES string of the molecule is Cc1nc(Nc2ccc(N=Nc3cc(C(=O)O)cc(C(=O)O)c3)c(C)c2)nc(N2CCOCC2)n1. The fourth-order valence-corrected chi connectivity index (χ4v) is 3.43. The van der Waals surface area contributed by atoms with E-state index in [0.29, 0.717) is 49.7 Å². The Labute approximate surface area is 200 Å². The van der Waals surface area contributed by atoms with Crippen molar-refractivity contribution in [2.24, 2.45) is 10.2 Å². The number of carboxylic acids is 2. The molecule has 1 saturated heterocycles. The van der Waals surface area contributed by atoms with Gasteiger partial charge in [0.2, 0.25) is 11.9 Å². The molecular formula is C23H23N7O5. The number of hydrogen-bond acceptors (Lipinski definition) is 10. The summed E-state index contributed by atoms with van der Waals surface area (Å²) in [7, 11) is 0. The normalized spacial score (nSPS) is 13.7. The lowest BCUT2D eigenvalue weighted by atomic mass is 10.1. The van der Waals surface area contributed by atoms with Crippen LogP contribution in [0.1, 0.15) is 32.1 Å². The fraction of sp³-hybridized carbons (Fsp3) is 0.261. The third kappa shape index (κ3) is 5.92. The van der Waals surface area contributed by atoms with Gasteiger partial charge in [0, 0.05) is 18.8 Å². The summed E-state index contributed by atoms with van der Waals surface area (Å²) in [6.07, 6.45) is 0. The number of nitrogens with zero attached hydrogens (tertiary/aromatic N) is 6. The highest BCUT2D eigenvalue weighted by Gasteiger charge is 2.16. The zero-order valence-electron chi connectivity index (χ0n) is 19.1. The van der Waals surface area contributed by atoms with Gasteiger partial charge in [-0.15, -0.1) is 0 Å². The molecule has 1 aliphatic heterocycles. The number of hydrogen-bond donors (Lipinski definition) is 3. The van der Waals surface area contributed by atoms with Crippen LogP contribution in [0.4, 0.5) is 29.0 Å². The number of morpholine rings is 1. The number of aromatic nitrogens is 3. The molecule has 0 atom stereocenters. The minimum atomic E-state index is -1.25. The van der Waals surface area contributed by atoms with Gasteiger partial charge < -0.3 is 25.2 Å². The highest BCUT2D eigenvalue weighted by molar-refractivity contribution is 5.95. The Hall–Kier alpha value is -4.45. The van der Waals surface area contributed by atoms with Gasteiger partial charge in [0.1, 0.15) is 5.82 Å². The Morgan fingerprint density at radius 1 is 0.943 bits per heavy atom. The predicted octanol–water partition coefficient (Wildman–Crippen LogP) is 3.88. The summed E-state index contributed by atoms with van der Waals surface area (Å²) in [4.78, 5) is 37.9. The first kappa shape index (κ1) is 23.7. The van der Waals surface area contributed by atoms with E-state index in [1.165, 1.54) is 12.1 Å². The summed E-state index contributed by atoms with van der Waals surface area (Å²) >= 11 is 0. The highest BCUT2D eigenvalue weighted by Crippen LogP contribution is 2.27. The van der Waals surface area contributed by atoms with Crippen LogP contribution < -0.4 is 10.2 Å². The molecule has 1 fully saturated rings. The van der Waals surface area contributed by atoms with Crippen molar-refractivity contribution >= 4 is 40.9 Å². The average molecular weight is 477 g/mol. The zero-order valence-corrected chi connectivity index (χ0v) is 19.1. The van der Waals surface area contributed by atoms with Gasteiger partial charge in [-0.25, -0.2) is 9.59 Å². The van der Waals surface area contributed by atoms with Crippen molar-refractivity contribution in [3.05, 3.63) is 58.9 Å². The molecule has 0 bridgehead atoms. The maximum absolute atomic E-state index is 11.3. The van der Waals surface area contributed by atoms with E-state index in [2.05, 4.69) is 30.5 Å². The van der Waals surface area contributed by atoms with Crippen molar-refractivity contribution in [2.75, 3.05) is 36.5 Å². The maximum Gasteiger partial charge on any atom is 0.335 e. The Morgan fingerprint density at radius 3 is 2.26 bits per heavy atom. The van der Waals surface area contributed by atoms with Crippen molar-refractivity contribution < 1.29 is 24.5 Å². The summed E-state index contributed by atoms with van der Waals surface area (Å²) in [5.74, 6) is -0.896. The molecule has 0 unspecified atom stereocenters. The standard InChI is InChI=1S/C23H23N7O5/c1-13-9-17(26-22-24-14(2)25-23(27-22)30-5-7-35-8-6-30)3-4-19(13)29-28-18-11-15(20(31)32)10-16(12-18)21(33)34/h3-4,9-12H,5-8H2,1-2H3,(H,31,32)(H,33,34)(H,24,25,26,27). The van der Waals surface area contributed by atoms with Gasteiger partial charge in [-0.2, -0.15) is 25.2 Å². The Balaban J connectivity index is 1.53. The van der Waals surface area contributed by atoms with E-state index in [0.717, 1.165) is 17.3 Å². The second-order valence-electron chi connectivity index (χ2n) is 7.81. The van der Waals surface area contributed by atoms with Crippen LogP contribution in [0.25, 0.3) is 0 Å². The van der Waals surface area contributed by atoms with Gasteiger partial charge in [-0.1, -0.05) is 0 Å². The van der Waals surface area contributed by atoms with Crippen LogP contribution in [0.5, 0.6) is 0 Å². The molecule has 12 nitrogen and oxygen atoms in total. The number of azo groups is 1. The molecule has 180 valence electrons. The van der Waals surface area contributed by atoms with Crippen LogP contribution in [0.2, 0.25) is 0 Å². The van der Waals surface area contributed by atoms with Crippen molar-refractivity contribution in [1.82, 2.24) is 15.0 Å². The molecule has 3 aromatic rings. The molecule has 2 heterocycles. The van der Waals surface area contributed by atoms with E-state index < -0.39 is 11.9 Å².